The van der Waals surface area contributed by atoms with E-state index in [-0.39, 0.29) is 6.10 Å². The van der Waals surface area contributed by atoms with Crippen LogP contribution in [0.2, 0.25) is 0 Å². The Morgan fingerprint density at radius 1 is 0.900 bits per heavy atom. The molecule has 0 aromatic heterocycles. The van der Waals surface area contributed by atoms with Gasteiger partial charge in [-0.05, 0) is 26.7 Å². The average molecular weight is 290 g/mol. The van der Waals surface area contributed by atoms with Crippen molar-refractivity contribution in [2.75, 3.05) is 13.2 Å². The van der Waals surface area contributed by atoms with Gasteiger partial charge in [0.25, 0.3) is 0 Å². The van der Waals surface area contributed by atoms with Gasteiger partial charge in [-0.25, -0.2) is 0 Å². The van der Waals surface area contributed by atoms with E-state index in [4.69, 9.17) is 15.1 Å². The number of aliphatic hydroxyl groups excluding tert-OH is 1. The van der Waals surface area contributed by atoms with E-state index in [1.807, 2.05) is 0 Å². The van der Waals surface area contributed by atoms with E-state index in [0.717, 1.165) is 26.1 Å². The molecule has 0 heterocycles. The van der Waals surface area contributed by atoms with Crippen LogP contribution in [-0.2, 0) is 4.74 Å². The fraction of sp³-hybridized carbons (Fsp3) is 0.941. The third-order valence-corrected chi connectivity index (χ3v) is 1.65. The highest BCUT2D eigenvalue weighted by Gasteiger charge is 1.78. The molecule has 20 heavy (non-hydrogen) atoms. The Balaban J connectivity index is -0.0000000899. The van der Waals surface area contributed by atoms with Gasteiger partial charge in [0.05, 0.1) is 6.07 Å². The zero-order chi connectivity index (χ0) is 16.6. The van der Waals surface area contributed by atoms with E-state index >= 15 is 0 Å². The zero-order valence-corrected chi connectivity index (χ0v) is 15.0. The van der Waals surface area contributed by atoms with Crippen LogP contribution in [-0.4, -0.2) is 24.4 Å². The van der Waals surface area contributed by atoms with Crippen molar-refractivity contribution in [3.8, 4) is 6.07 Å². The molecule has 3 heteroatoms. The second kappa shape index (κ2) is 36.2. The van der Waals surface area contributed by atoms with Crippen molar-refractivity contribution < 1.29 is 9.84 Å². The van der Waals surface area contributed by atoms with Gasteiger partial charge in [0, 0.05) is 26.2 Å². The summed E-state index contributed by atoms with van der Waals surface area (Å²) < 4.78 is 5.13. The SMILES string of the molecule is CC#N.CC(C)O.CCCCCC.CCCOCCC. The molecular formula is C17H39NO2. The first-order chi connectivity index (χ1) is 9.47. The molecule has 0 saturated carbocycles. The van der Waals surface area contributed by atoms with Gasteiger partial charge in [0.1, 0.15) is 0 Å². The third-order valence-electron chi connectivity index (χ3n) is 1.65. The summed E-state index contributed by atoms with van der Waals surface area (Å²) in [6.07, 6.45) is 7.65. The van der Waals surface area contributed by atoms with Gasteiger partial charge < -0.3 is 9.84 Å². The van der Waals surface area contributed by atoms with Gasteiger partial charge in [0.2, 0.25) is 0 Å². The largest absolute Gasteiger partial charge is 0.394 e. The Labute approximate surface area is 128 Å². The molecule has 0 aliphatic rings. The molecule has 124 valence electrons. The van der Waals surface area contributed by atoms with Gasteiger partial charge in [0.15, 0.2) is 0 Å². The summed E-state index contributed by atoms with van der Waals surface area (Å²) >= 11 is 0. The number of aliphatic hydroxyl groups is 1. The van der Waals surface area contributed by atoms with E-state index in [1.165, 1.54) is 32.6 Å². The number of ether oxygens (including phenoxy) is 1. The Bertz CT molecular complexity index is 143. The van der Waals surface area contributed by atoms with Gasteiger partial charge in [-0.3, -0.25) is 0 Å². The molecule has 1 N–H and O–H groups in total. The Morgan fingerprint density at radius 2 is 1.15 bits per heavy atom. The number of rotatable bonds is 7. The van der Waals surface area contributed by atoms with Crippen LogP contribution in [0.15, 0.2) is 0 Å². The molecule has 0 rings (SSSR count). The Hall–Kier alpha value is -0.590. The molecule has 0 bridgehead atoms. The lowest BCUT2D eigenvalue weighted by molar-refractivity contribution is 0.135. The molecule has 0 atom stereocenters. The molecule has 0 radical (unpaired) electrons. The molecule has 0 fully saturated rings. The van der Waals surface area contributed by atoms with Crippen LogP contribution in [0, 0.1) is 11.3 Å². The number of nitrogens with zero attached hydrogens (tertiary/aromatic N) is 1. The van der Waals surface area contributed by atoms with Crippen LogP contribution >= 0.6 is 0 Å². The monoisotopic (exact) mass is 289 g/mol. The van der Waals surface area contributed by atoms with Crippen molar-refractivity contribution in [2.45, 2.75) is 93.1 Å². The molecule has 0 aliphatic carbocycles. The Morgan fingerprint density at radius 3 is 1.30 bits per heavy atom. The van der Waals surface area contributed by atoms with Gasteiger partial charge in [-0.15, -0.1) is 0 Å². The fourth-order valence-electron chi connectivity index (χ4n) is 0.891. The van der Waals surface area contributed by atoms with Crippen LogP contribution in [0.1, 0.15) is 87.0 Å². The van der Waals surface area contributed by atoms with Crippen molar-refractivity contribution in [3.63, 3.8) is 0 Å². The fourth-order valence-corrected chi connectivity index (χ4v) is 0.891. The van der Waals surface area contributed by atoms with Gasteiger partial charge >= 0.3 is 0 Å². The molecule has 0 aromatic rings. The first-order valence-corrected chi connectivity index (χ1v) is 8.04. The standard InChI is InChI=1S/C6H14O.C6H14.C3H8O.C2H3N/c1-3-5-7-6-4-2;1-3-5-6-4-2;1-3(2)4;1-2-3/h3-6H2,1-2H3;3-6H2,1-2H3;3-4H,1-2H3;1H3. The first kappa shape index (κ1) is 27.7. The highest BCUT2D eigenvalue weighted by atomic mass is 16.5. The Kier molecular flexibility index (Phi) is 50.2. The predicted octanol–water partition coefficient (Wildman–Crippen LogP) is 5.33. The normalized spacial score (nSPS) is 8.20. The van der Waals surface area contributed by atoms with E-state index in [2.05, 4.69) is 27.7 Å². The van der Waals surface area contributed by atoms with Crippen molar-refractivity contribution in [1.29, 1.82) is 5.26 Å². The molecule has 0 aromatic carbocycles. The van der Waals surface area contributed by atoms with Crippen LogP contribution in [0.3, 0.4) is 0 Å². The van der Waals surface area contributed by atoms with Crippen LogP contribution in [0.4, 0.5) is 0 Å². The second-order valence-electron chi connectivity index (χ2n) is 4.64. The van der Waals surface area contributed by atoms with Crippen LogP contribution in [0.25, 0.3) is 0 Å². The quantitative estimate of drug-likeness (QED) is 0.645. The summed E-state index contributed by atoms with van der Waals surface area (Å²) in [5.74, 6) is 0. The number of nitriles is 1. The van der Waals surface area contributed by atoms with Crippen molar-refractivity contribution in [1.82, 2.24) is 0 Å². The van der Waals surface area contributed by atoms with Crippen molar-refractivity contribution in [2.24, 2.45) is 0 Å². The summed E-state index contributed by atoms with van der Waals surface area (Å²) in [6.45, 7) is 15.4. The molecule has 3 nitrogen and oxygen atoms in total. The second-order valence-corrected chi connectivity index (χ2v) is 4.64. The third kappa shape index (κ3) is 114. The summed E-state index contributed by atoms with van der Waals surface area (Å²) in [5.41, 5.74) is 0. The summed E-state index contributed by atoms with van der Waals surface area (Å²) in [5, 5.41) is 15.4. The molecule has 0 amide bonds. The molecule has 0 spiro atoms. The lowest BCUT2D eigenvalue weighted by atomic mass is 10.2. The minimum Gasteiger partial charge on any atom is -0.394 e. The molecular weight excluding hydrogens is 250 g/mol. The number of hydrogen-bond acceptors (Lipinski definition) is 3. The van der Waals surface area contributed by atoms with Crippen LogP contribution in [0.5, 0.6) is 0 Å². The van der Waals surface area contributed by atoms with E-state index in [9.17, 15) is 0 Å². The zero-order valence-electron chi connectivity index (χ0n) is 15.0. The minimum absolute atomic E-state index is 0.167. The van der Waals surface area contributed by atoms with E-state index in [1.54, 1.807) is 19.9 Å². The summed E-state index contributed by atoms with van der Waals surface area (Å²) in [4.78, 5) is 0. The predicted molar refractivity (Wildman–Crippen MR) is 89.9 cm³/mol. The summed E-state index contributed by atoms with van der Waals surface area (Å²) in [6, 6.07) is 1.75. The lowest BCUT2D eigenvalue weighted by Crippen LogP contribution is -1.92. The number of unbranched alkanes of at least 4 members (excludes halogenated alkanes) is 3. The lowest BCUT2D eigenvalue weighted by Gasteiger charge is -1.95. The highest BCUT2D eigenvalue weighted by molar-refractivity contribution is 4.51. The first-order valence-electron chi connectivity index (χ1n) is 8.04. The number of hydrogen-bond donors (Lipinski definition) is 1. The van der Waals surface area contributed by atoms with E-state index < -0.39 is 0 Å². The van der Waals surface area contributed by atoms with E-state index in [0.29, 0.717) is 0 Å². The van der Waals surface area contributed by atoms with Crippen LogP contribution < -0.4 is 0 Å². The molecule has 0 saturated heterocycles. The minimum atomic E-state index is -0.167. The maximum absolute atomic E-state index is 8.06. The summed E-state index contributed by atoms with van der Waals surface area (Å²) in [7, 11) is 0. The molecule has 0 unspecified atom stereocenters. The van der Waals surface area contributed by atoms with Crippen molar-refractivity contribution >= 4 is 0 Å². The highest BCUT2D eigenvalue weighted by Crippen LogP contribution is 1.95. The van der Waals surface area contributed by atoms with Gasteiger partial charge in [-0.2, -0.15) is 5.26 Å². The maximum Gasteiger partial charge on any atom is 0.0587 e. The maximum atomic E-state index is 8.06. The molecule has 0 aliphatic heterocycles. The van der Waals surface area contributed by atoms with Crippen molar-refractivity contribution in [3.05, 3.63) is 0 Å². The topological polar surface area (TPSA) is 53.2 Å². The smallest absolute Gasteiger partial charge is 0.0587 e. The van der Waals surface area contributed by atoms with Gasteiger partial charge in [-0.1, -0.05) is 53.4 Å². The average Bonchev–Trinajstić information content (AvgIpc) is 2.38.